The molecule has 3 aliphatic heterocycles. The lowest BCUT2D eigenvalue weighted by Crippen LogP contribution is -2.64. The van der Waals surface area contributed by atoms with Crippen LogP contribution in [0, 0.1) is 41.5 Å². The van der Waals surface area contributed by atoms with Crippen molar-refractivity contribution in [3.05, 3.63) is 68.8 Å². The molecule has 3 aliphatic rings. The van der Waals surface area contributed by atoms with Gasteiger partial charge in [-0.05, 0) is 77.8 Å². The average molecular weight is 461 g/mol. The van der Waals surface area contributed by atoms with Gasteiger partial charge in [0.25, 0.3) is 5.72 Å². The van der Waals surface area contributed by atoms with E-state index in [1.54, 1.807) is 0 Å². The minimum Gasteiger partial charge on any atom is -0.383 e. The molecule has 0 saturated carbocycles. The van der Waals surface area contributed by atoms with Gasteiger partial charge in [-0.15, -0.1) is 0 Å². The quantitative estimate of drug-likeness (QED) is 0.649. The lowest BCUT2D eigenvalue weighted by Gasteiger charge is -2.42. The Morgan fingerprint density at radius 2 is 1.32 bits per heavy atom. The zero-order valence-corrected chi connectivity index (χ0v) is 21.9. The van der Waals surface area contributed by atoms with Crippen LogP contribution in [-0.4, -0.2) is 58.9 Å². The first kappa shape index (κ1) is 22.9. The van der Waals surface area contributed by atoms with E-state index >= 15 is 0 Å². The topological polar surface area (TPSA) is 49.7 Å². The Morgan fingerprint density at radius 3 is 1.88 bits per heavy atom. The van der Waals surface area contributed by atoms with Crippen molar-refractivity contribution in [1.82, 2.24) is 9.80 Å². The predicted molar refractivity (Wildman–Crippen MR) is 136 cm³/mol. The zero-order valence-electron chi connectivity index (χ0n) is 21.9. The molecule has 2 aromatic rings. The number of fused-ring (bicyclic) bond motifs is 3. The fourth-order valence-electron chi connectivity index (χ4n) is 6.43. The van der Waals surface area contributed by atoms with E-state index in [1.807, 2.05) is 0 Å². The maximum atomic E-state index is 6.31. The van der Waals surface area contributed by atoms with Gasteiger partial charge >= 0.3 is 0 Å². The van der Waals surface area contributed by atoms with Gasteiger partial charge in [0.2, 0.25) is 6.10 Å². The molecule has 0 aliphatic carbocycles. The molecule has 1 saturated heterocycles. The molecule has 0 spiro atoms. The Morgan fingerprint density at radius 1 is 0.794 bits per heavy atom. The summed E-state index contributed by atoms with van der Waals surface area (Å²) < 4.78 is 0. The number of hydrogen-bond acceptors (Lipinski definition) is 6. The molecule has 0 radical (unpaired) electrons. The molecule has 2 aromatic carbocycles. The van der Waals surface area contributed by atoms with E-state index in [2.05, 4.69) is 102 Å². The van der Waals surface area contributed by atoms with Crippen LogP contribution < -0.4 is 0 Å². The van der Waals surface area contributed by atoms with Gasteiger partial charge in [-0.2, -0.15) is 0 Å². The van der Waals surface area contributed by atoms with Gasteiger partial charge in [0.1, 0.15) is 11.3 Å². The van der Waals surface area contributed by atoms with E-state index in [4.69, 9.17) is 14.8 Å². The Labute approximate surface area is 203 Å². The third-order valence-electron chi connectivity index (χ3n) is 8.10. The Hall–Kier alpha value is -2.86. The number of rotatable bonds is 2. The summed E-state index contributed by atoms with van der Waals surface area (Å²) in [7, 11) is 2.17. The Bertz CT molecular complexity index is 1200. The first-order valence-corrected chi connectivity index (χ1v) is 12.1. The van der Waals surface area contributed by atoms with Crippen molar-refractivity contribution in [3.8, 4) is 0 Å². The maximum Gasteiger partial charge on any atom is 0.250 e. The first-order valence-electron chi connectivity index (χ1n) is 12.1. The van der Waals surface area contributed by atoms with Crippen LogP contribution in [0.25, 0.3) is 0 Å². The second kappa shape index (κ2) is 7.57. The van der Waals surface area contributed by atoms with Crippen molar-refractivity contribution in [2.75, 3.05) is 20.1 Å². The lowest BCUT2D eigenvalue weighted by atomic mass is 9.78. The molecular weight excluding hydrogens is 424 g/mol. The lowest BCUT2D eigenvalue weighted by molar-refractivity contribution is -0.181. The highest BCUT2D eigenvalue weighted by Crippen LogP contribution is 2.46. The van der Waals surface area contributed by atoms with Gasteiger partial charge in [0, 0.05) is 31.1 Å². The van der Waals surface area contributed by atoms with E-state index < -0.39 is 11.3 Å². The van der Waals surface area contributed by atoms with Gasteiger partial charge in [-0.25, -0.2) is 0 Å². The van der Waals surface area contributed by atoms with Gasteiger partial charge in [-0.3, -0.25) is 4.90 Å². The number of likely N-dealkylation sites (N-methyl/N-ethyl adjacent to an activating group) is 1. The molecule has 0 bridgehead atoms. The summed E-state index contributed by atoms with van der Waals surface area (Å²) in [4.78, 5) is 17.3. The number of aryl methyl sites for hydroxylation is 6. The van der Waals surface area contributed by atoms with Crippen molar-refractivity contribution in [2.45, 2.75) is 72.8 Å². The fourth-order valence-corrected chi connectivity index (χ4v) is 6.43. The molecular formula is C28H36N4O2. The molecule has 3 atom stereocenters. The third kappa shape index (κ3) is 3.04. The molecule has 6 heteroatoms. The number of nitrogens with zero attached hydrogens (tertiary/aromatic N) is 4. The number of oxime groups is 2. The summed E-state index contributed by atoms with van der Waals surface area (Å²) in [6.45, 7) is 18.8. The van der Waals surface area contributed by atoms with E-state index in [0.717, 1.165) is 30.2 Å². The number of benzene rings is 2. The summed E-state index contributed by atoms with van der Waals surface area (Å²) >= 11 is 0. The Kier molecular flexibility index (Phi) is 5.10. The molecule has 3 heterocycles. The van der Waals surface area contributed by atoms with Crippen LogP contribution in [0.1, 0.15) is 58.4 Å². The highest BCUT2D eigenvalue weighted by molar-refractivity contribution is 6.10. The van der Waals surface area contributed by atoms with Gasteiger partial charge in [0.15, 0.2) is 5.84 Å². The minimum atomic E-state index is -0.781. The van der Waals surface area contributed by atoms with Crippen LogP contribution in [0.3, 0.4) is 0 Å². The molecule has 1 fully saturated rings. The molecule has 6 nitrogen and oxygen atoms in total. The highest BCUT2D eigenvalue weighted by atomic mass is 16.7. The van der Waals surface area contributed by atoms with E-state index in [1.165, 1.54) is 38.9 Å². The molecule has 3 unspecified atom stereocenters. The summed E-state index contributed by atoms with van der Waals surface area (Å²) in [5.41, 5.74) is 9.39. The second-order valence-electron chi connectivity index (χ2n) is 10.8. The van der Waals surface area contributed by atoms with E-state index in [-0.39, 0.29) is 6.10 Å². The smallest absolute Gasteiger partial charge is 0.250 e. The molecule has 0 aromatic heterocycles. The summed E-state index contributed by atoms with van der Waals surface area (Å²) in [6, 6.07) is 8.88. The fraction of sp³-hybridized carbons (Fsp3) is 0.500. The van der Waals surface area contributed by atoms with Crippen LogP contribution in [0.5, 0.6) is 0 Å². The van der Waals surface area contributed by atoms with Crippen molar-refractivity contribution in [3.63, 3.8) is 0 Å². The third-order valence-corrected chi connectivity index (χ3v) is 8.10. The largest absolute Gasteiger partial charge is 0.383 e. The minimum absolute atomic E-state index is 0.352. The second-order valence-corrected chi connectivity index (χ2v) is 10.8. The molecule has 0 amide bonds. The van der Waals surface area contributed by atoms with Gasteiger partial charge in [-0.1, -0.05) is 45.7 Å². The van der Waals surface area contributed by atoms with E-state index in [0.29, 0.717) is 0 Å². The van der Waals surface area contributed by atoms with Crippen LogP contribution in [-0.2, 0) is 9.68 Å². The predicted octanol–water partition coefficient (Wildman–Crippen LogP) is 4.75. The molecule has 180 valence electrons. The van der Waals surface area contributed by atoms with Gasteiger partial charge < -0.3 is 14.6 Å². The maximum absolute atomic E-state index is 6.31. The molecule has 34 heavy (non-hydrogen) atoms. The van der Waals surface area contributed by atoms with Crippen molar-refractivity contribution < 1.29 is 9.68 Å². The van der Waals surface area contributed by atoms with Crippen LogP contribution in [0.15, 0.2) is 34.6 Å². The number of amidine groups is 1. The van der Waals surface area contributed by atoms with Crippen molar-refractivity contribution in [2.24, 2.45) is 10.3 Å². The van der Waals surface area contributed by atoms with Crippen LogP contribution in [0.4, 0.5) is 0 Å². The standard InChI is InChI=1S/C28H36N4O2/c1-16-12-18(3)22(19(4)13-16)24-27(7)26(33-29-24)28(8)32(11-10-31(27)9)25(30-34-28)23-20(5)14-17(2)15-21(23)6/h12-15,26H,10-11H2,1-9H3. The summed E-state index contributed by atoms with van der Waals surface area (Å²) in [5, 5.41) is 9.40. The normalized spacial score (nSPS) is 28.5. The first-order chi connectivity index (χ1) is 16.0. The van der Waals surface area contributed by atoms with Crippen LogP contribution >= 0.6 is 0 Å². The van der Waals surface area contributed by atoms with Crippen molar-refractivity contribution in [1.29, 1.82) is 0 Å². The molecule has 5 rings (SSSR count). The summed E-state index contributed by atoms with van der Waals surface area (Å²) in [6.07, 6.45) is -0.352. The van der Waals surface area contributed by atoms with E-state index in [9.17, 15) is 0 Å². The summed E-state index contributed by atoms with van der Waals surface area (Å²) in [5.74, 6) is 0.884. The van der Waals surface area contributed by atoms with Crippen molar-refractivity contribution >= 4 is 11.5 Å². The SMILES string of the molecule is Cc1cc(C)c(C2=NOC3(C)C4ON=C(c5c(C)cc(C)cc5C)C4(C)N(C)CCN23)c(C)c1. The van der Waals surface area contributed by atoms with Gasteiger partial charge in [0.05, 0.1) is 0 Å². The monoisotopic (exact) mass is 460 g/mol. The Balaban J connectivity index is 1.59. The average Bonchev–Trinajstić information content (AvgIpc) is 3.22. The number of hydrogen-bond donors (Lipinski definition) is 0. The van der Waals surface area contributed by atoms with Crippen LogP contribution in [0.2, 0.25) is 0 Å². The molecule has 0 N–H and O–H groups in total. The zero-order chi connectivity index (χ0) is 24.6. The highest BCUT2D eigenvalue weighted by Gasteiger charge is 2.65.